The van der Waals surface area contributed by atoms with Gasteiger partial charge in [0.25, 0.3) is 5.91 Å². The highest BCUT2D eigenvalue weighted by Crippen LogP contribution is 2.30. The second kappa shape index (κ2) is 7.91. The van der Waals surface area contributed by atoms with Crippen LogP contribution in [0.25, 0.3) is 0 Å². The van der Waals surface area contributed by atoms with Gasteiger partial charge in [-0.05, 0) is 49.7 Å². The van der Waals surface area contributed by atoms with Crippen molar-refractivity contribution < 1.29 is 13.9 Å². The molecule has 0 bridgehead atoms. The first kappa shape index (κ1) is 18.9. The molecule has 148 valence electrons. The summed E-state index contributed by atoms with van der Waals surface area (Å²) in [6.07, 6.45) is 1.67. The normalized spacial score (nSPS) is 13.9. The van der Waals surface area contributed by atoms with Gasteiger partial charge in [0.15, 0.2) is 0 Å². The van der Waals surface area contributed by atoms with Gasteiger partial charge in [-0.3, -0.25) is 4.79 Å². The number of nitrogens with zero attached hydrogens (tertiary/aromatic N) is 2. The van der Waals surface area contributed by atoms with Crippen molar-refractivity contribution in [3.05, 3.63) is 83.3 Å². The Bertz CT molecular complexity index is 1040. The van der Waals surface area contributed by atoms with Crippen molar-refractivity contribution in [1.82, 2.24) is 9.88 Å². The van der Waals surface area contributed by atoms with Crippen molar-refractivity contribution in [1.29, 1.82) is 0 Å². The second-order valence-corrected chi connectivity index (χ2v) is 7.00. The maximum atomic E-state index is 13.3. The van der Waals surface area contributed by atoms with E-state index < -0.39 is 0 Å². The zero-order chi connectivity index (χ0) is 20.4. The number of hydrogen-bond acceptors (Lipinski definition) is 4. The Hall–Kier alpha value is -3.41. The fourth-order valence-corrected chi connectivity index (χ4v) is 3.45. The molecule has 2 aromatic carbocycles. The van der Waals surface area contributed by atoms with Crippen LogP contribution in [0, 0.1) is 5.82 Å². The van der Waals surface area contributed by atoms with Crippen LogP contribution in [0.2, 0.25) is 0 Å². The Morgan fingerprint density at radius 2 is 1.97 bits per heavy atom. The summed E-state index contributed by atoms with van der Waals surface area (Å²) in [5.74, 6) is 1.55. The minimum atomic E-state index is -0.333. The summed E-state index contributed by atoms with van der Waals surface area (Å²) >= 11 is 0. The predicted octanol–water partition coefficient (Wildman–Crippen LogP) is 5.16. The number of nitrogens with one attached hydrogen (secondary N) is 1. The van der Waals surface area contributed by atoms with Gasteiger partial charge in [-0.1, -0.05) is 18.2 Å². The van der Waals surface area contributed by atoms with Crippen molar-refractivity contribution >= 4 is 11.7 Å². The monoisotopic (exact) mass is 391 g/mol. The smallest absolute Gasteiger partial charge is 0.254 e. The van der Waals surface area contributed by atoms with E-state index in [-0.39, 0.29) is 17.8 Å². The number of rotatable bonds is 6. The van der Waals surface area contributed by atoms with Crippen LogP contribution in [-0.2, 0) is 6.54 Å². The van der Waals surface area contributed by atoms with Gasteiger partial charge in [0.05, 0.1) is 6.54 Å². The molecule has 1 aliphatic rings. The first-order valence-electron chi connectivity index (χ1n) is 9.62. The molecule has 1 atom stereocenters. The lowest BCUT2D eigenvalue weighted by Gasteiger charge is -2.17. The Kier molecular flexibility index (Phi) is 5.16. The molecule has 3 aromatic rings. The number of carbonyl (C=O) groups is 1. The van der Waals surface area contributed by atoms with Gasteiger partial charge in [0.2, 0.25) is 0 Å². The van der Waals surface area contributed by atoms with Crippen LogP contribution in [0.15, 0.2) is 60.8 Å². The first-order chi connectivity index (χ1) is 14.0. The number of benzene rings is 2. The van der Waals surface area contributed by atoms with Crippen molar-refractivity contribution in [3.63, 3.8) is 0 Å². The number of amides is 1. The zero-order valence-electron chi connectivity index (χ0n) is 16.4. The molecule has 1 aliphatic heterocycles. The molecule has 4 rings (SSSR count). The number of aromatic nitrogens is 1. The number of halogens is 1. The number of anilines is 1. The molecule has 0 aliphatic carbocycles. The summed E-state index contributed by atoms with van der Waals surface area (Å²) in [7, 11) is 0. The van der Waals surface area contributed by atoms with E-state index in [0.29, 0.717) is 24.6 Å². The molecular weight excluding hydrogens is 369 g/mol. The van der Waals surface area contributed by atoms with Crippen LogP contribution in [-0.4, -0.2) is 22.3 Å². The maximum Gasteiger partial charge on any atom is 0.254 e. The van der Waals surface area contributed by atoms with E-state index in [9.17, 15) is 9.18 Å². The molecule has 1 aromatic heterocycles. The van der Waals surface area contributed by atoms with E-state index in [0.717, 1.165) is 22.5 Å². The van der Waals surface area contributed by atoms with Crippen molar-refractivity contribution in [2.24, 2.45) is 0 Å². The van der Waals surface area contributed by atoms with E-state index in [1.54, 1.807) is 29.3 Å². The van der Waals surface area contributed by atoms with E-state index in [2.05, 4.69) is 10.3 Å². The standard InChI is InChI=1S/C23H22FN3O2/c1-3-27-14-21-20(23(27)28)11-12-25-22(21)26-15(2)16-7-9-18(10-8-16)29-19-6-4-5-17(24)13-19/h4-13,15H,3,14H2,1-2H3,(H,25,26). The summed E-state index contributed by atoms with van der Waals surface area (Å²) in [4.78, 5) is 18.6. The molecule has 0 spiro atoms. The third kappa shape index (κ3) is 3.92. The van der Waals surface area contributed by atoms with E-state index in [1.165, 1.54) is 12.1 Å². The largest absolute Gasteiger partial charge is 0.457 e. The molecule has 0 saturated heterocycles. The van der Waals surface area contributed by atoms with Crippen LogP contribution in [0.1, 0.15) is 41.4 Å². The minimum Gasteiger partial charge on any atom is -0.457 e. The summed E-state index contributed by atoms with van der Waals surface area (Å²) in [6, 6.07) is 15.4. The highest BCUT2D eigenvalue weighted by Gasteiger charge is 2.29. The average Bonchev–Trinajstić information content (AvgIpc) is 3.05. The Balaban J connectivity index is 1.47. The summed E-state index contributed by atoms with van der Waals surface area (Å²) in [6.45, 7) is 5.27. The number of carbonyl (C=O) groups excluding carboxylic acids is 1. The first-order valence-corrected chi connectivity index (χ1v) is 9.62. The van der Waals surface area contributed by atoms with Crippen LogP contribution >= 0.6 is 0 Å². The highest BCUT2D eigenvalue weighted by molar-refractivity contribution is 5.99. The Morgan fingerprint density at radius 1 is 1.17 bits per heavy atom. The summed E-state index contributed by atoms with van der Waals surface area (Å²) in [5.41, 5.74) is 2.71. The highest BCUT2D eigenvalue weighted by atomic mass is 19.1. The molecule has 1 N–H and O–H groups in total. The van der Waals surface area contributed by atoms with Gasteiger partial charge in [-0.25, -0.2) is 9.37 Å². The predicted molar refractivity (Wildman–Crippen MR) is 110 cm³/mol. The van der Waals surface area contributed by atoms with Crippen LogP contribution in [0.4, 0.5) is 10.2 Å². The van der Waals surface area contributed by atoms with E-state index in [1.807, 2.05) is 38.1 Å². The number of ether oxygens (including phenoxy) is 1. The second-order valence-electron chi connectivity index (χ2n) is 7.00. The third-order valence-electron chi connectivity index (χ3n) is 5.07. The SMILES string of the molecule is CCN1Cc2c(ccnc2NC(C)c2ccc(Oc3cccc(F)c3)cc2)C1=O. The molecule has 6 heteroatoms. The van der Waals surface area contributed by atoms with Gasteiger partial charge >= 0.3 is 0 Å². The van der Waals surface area contributed by atoms with Gasteiger partial charge in [-0.15, -0.1) is 0 Å². The average molecular weight is 391 g/mol. The van der Waals surface area contributed by atoms with E-state index >= 15 is 0 Å². The van der Waals surface area contributed by atoms with Crippen LogP contribution in [0.3, 0.4) is 0 Å². The third-order valence-corrected chi connectivity index (χ3v) is 5.07. The topological polar surface area (TPSA) is 54.5 Å². The summed E-state index contributed by atoms with van der Waals surface area (Å²) < 4.78 is 19.0. The molecular formula is C23H22FN3O2. The van der Waals surface area contributed by atoms with Crippen LogP contribution in [0.5, 0.6) is 11.5 Å². The lowest BCUT2D eigenvalue weighted by Crippen LogP contribution is -2.22. The molecule has 0 radical (unpaired) electrons. The molecule has 0 fully saturated rings. The molecule has 5 nitrogen and oxygen atoms in total. The van der Waals surface area contributed by atoms with Gasteiger partial charge in [-0.2, -0.15) is 0 Å². The van der Waals surface area contributed by atoms with Crippen molar-refractivity contribution in [2.75, 3.05) is 11.9 Å². The molecule has 1 unspecified atom stereocenters. The van der Waals surface area contributed by atoms with Crippen LogP contribution < -0.4 is 10.1 Å². The van der Waals surface area contributed by atoms with Gasteiger partial charge in [0.1, 0.15) is 23.1 Å². The molecule has 29 heavy (non-hydrogen) atoms. The minimum absolute atomic E-state index is 0.0111. The summed E-state index contributed by atoms with van der Waals surface area (Å²) in [5, 5.41) is 3.42. The fraction of sp³-hybridized carbons (Fsp3) is 0.217. The lowest BCUT2D eigenvalue weighted by molar-refractivity contribution is 0.0787. The zero-order valence-corrected chi connectivity index (χ0v) is 16.4. The molecule has 2 heterocycles. The lowest BCUT2D eigenvalue weighted by atomic mass is 10.1. The van der Waals surface area contributed by atoms with Gasteiger partial charge < -0.3 is 15.0 Å². The Morgan fingerprint density at radius 3 is 2.69 bits per heavy atom. The number of fused-ring (bicyclic) bond motifs is 1. The van der Waals surface area contributed by atoms with Crippen molar-refractivity contribution in [3.8, 4) is 11.5 Å². The molecule has 0 saturated carbocycles. The fourth-order valence-electron chi connectivity index (χ4n) is 3.45. The Labute approximate surface area is 169 Å². The van der Waals surface area contributed by atoms with Gasteiger partial charge in [0, 0.05) is 36.0 Å². The quantitative estimate of drug-likeness (QED) is 0.630. The maximum absolute atomic E-state index is 13.3. The molecule has 1 amide bonds. The number of hydrogen-bond donors (Lipinski definition) is 1. The van der Waals surface area contributed by atoms with Crippen molar-refractivity contribution in [2.45, 2.75) is 26.4 Å². The van der Waals surface area contributed by atoms with E-state index in [4.69, 9.17) is 4.74 Å². The number of pyridine rings is 1.